The standard InChI is InChI=1S/C10H7F3N2O/c11-10(12,13)9(16)7-4-15-8-2-1-5(14)3-6(7)8/h1-4,15H,14H2. The number of ketones is 1. The molecule has 2 aromatic rings. The Morgan fingerprint density at radius 2 is 2.00 bits per heavy atom. The van der Waals surface area contributed by atoms with E-state index >= 15 is 0 Å². The largest absolute Gasteiger partial charge is 0.454 e. The SMILES string of the molecule is Nc1ccc2[nH]cc(C(=O)C(F)(F)F)c2c1. The minimum Gasteiger partial charge on any atom is -0.399 e. The van der Waals surface area contributed by atoms with E-state index in [4.69, 9.17) is 5.73 Å². The molecule has 0 saturated heterocycles. The van der Waals surface area contributed by atoms with E-state index in [2.05, 4.69) is 4.98 Å². The van der Waals surface area contributed by atoms with Gasteiger partial charge in [-0.1, -0.05) is 0 Å². The van der Waals surface area contributed by atoms with E-state index in [1.807, 2.05) is 0 Å². The van der Waals surface area contributed by atoms with Gasteiger partial charge in [-0.25, -0.2) is 0 Å². The summed E-state index contributed by atoms with van der Waals surface area (Å²) in [6, 6.07) is 4.41. The third kappa shape index (κ3) is 1.62. The molecule has 0 aliphatic heterocycles. The topological polar surface area (TPSA) is 58.9 Å². The van der Waals surface area contributed by atoms with E-state index < -0.39 is 17.5 Å². The second kappa shape index (κ2) is 3.26. The number of H-pyrrole nitrogens is 1. The Morgan fingerprint density at radius 1 is 1.31 bits per heavy atom. The number of aromatic nitrogens is 1. The van der Waals surface area contributed by atoms with Crippen LogP contribution in [-0.2, 0) is 0 Å². The zero-order chi connectivity index (χ0) is 11.9. The summed E-state index contributed by atoms with van der Waals surface area (Å²) in [5, 5.41) is 0.183. The molecular weight excluding hydrogens is 221 g/mol. The highest BCUT2D eigenvalue weighted by molar-refractivity contribution is 6.10. The zero-order valence-electron chi connectivity index (χ0n) is 7.93. The van der Waals surface area contributed by atoms with Gasteiger partial charge in [0.1, 0.15) is 0 Å². The number of nitrogens with two attached hydrogens (primary N) is 1. The Hall–Kier alpha value is -1.98. The Kier molecular flexibility index (Phi) is 2.15. The first kappa shape index (κ1) is 10.5. The molecule has 3 N–H and O–H groups in total. The maximum atomic E-state index is 12.2. The summed E-state index contributed by atoms with van der Waals surface area (Å²) in [7, 11) is 0. The Morgan fingerprint density at radius 3 is 2.62 bits per heavy atom. The molecule has 2 rings (SSSR count). The first-order valence-corrected chi connectivity index (χ1v) is 4.38. The molecule has 0 saturated carbocycles. The Bertz CT molecular complexity index is 557. The van der Waals surface area contributed by atoms with E-state index in [9.17, 15) is 18.0 Å². The van der Waals surface area contributed by atoms with Crippen LogP contribution in [0.4, 0.5) is 18.9 Å². The number of carbonyl (C=O) groups excluding carboxylic acids is 1. The van der Waals surface area contributed by atoms with Crippen molar-refractivity contribution in [2.24, 2.45) is 0 Å². The third-order valence-electron chi connectivity index (χ3n) is 2.21. The van der Waals surface area contributed by atoms with Crippen LogP contribution in [0.2, 0.25) is 0 Å². The lowest BCUT2D eigenvalue weighted by Crippen LogP contribution is -2.22. The van der Waals surface area contributed by atoms with Crippen LogP contribution >= 0.6 is 0 Å². The van der Waals surface area contributed by atoms with E-state index in [1.54, 1.807) is 6.07 Å². The summed E-state index contributed by atoms with van der Waals surface area (Å²) in [5.41, 5.74) is 5.80. The van der Waals surface area contributed by atoms with Crippen LogP contribution in [0, 0.1) is 0 Å². The third-order valence-corrected chi connectivity index (χ3v) is 2.21. The Balaban J connectivity index is 2.62. The van der Waals surface area contributed by atoms with Crippen molar-refractivity contribution in [3.05, 3.63) is 30.0 Å². The van der Waals surface area contributed by atoms with Crippen molar-refractivity contribution in [2.75, 3.05) is 5.73 Å². The maximum Gasteiger partial charge on any atom is 0.454 e. The van der Waals surface area contributed by atoms with Gasteiger partial charge in [0.2, 0.25) is 0 Å². The highest BCUT2D eigenvalue weighted by atomic mass is 19.4. The molecule has 3 nitrogen and oxygen atoms in total. The fourth-order valence-corrected chi connectivity index (χ4v) is 1.48. The van der Waals surface area contributed by atoms with Crippen LogP contribution in [0.1, 0.15) is 10.4 Å². The van der Waals surface area contributed by atoms with E-state index in [0.29, 0.717) is 11.2 Å². The van der Waals surface area contributed by atoms with Crippen molar-refractivity contribution in [1.29, 1.82) is 0 Å². The lowest BCUT2D eigenvalue weighted by Gasteiger charge is -2.03. The number of carbonyl (C=O) groups is 1. The van der Waals surface area contributed by atoms with Crippen LogP contribution in [0.3, 0.4) is 0 Å². The number of anilines is 1. The molecule has 0 amide bonds. The molecule has 1 aromatic heterocycles. The molecule has 84 valence electrons. The molecule has 0 spiro atoms. The smallest absolute Gasteiger partial charge is 0.399 e. The fraction of sp³-hybridized carbons (Fsp3) is 0.100. The number of benzene rings is 1. The molecule has 0 aliphatic rings. The normalized spacial score (nSPS) is 11.9. The molecule has 1 heterocycles. The second-order valence-electron chi connectivity index (χ2n) is 3.33. The van der Waals surface area contributed by atoms with Crippen LogP contribution in [-0.4, -0.2) is 16.9 Å². The number of fused-ring (bicyclic) bond motifs is 1. The summed E-state index contributed by atoms with van der Waals surface area (Å²) < 4.78 is 36.7. The van der Waals surface area contributed by atoms with Crippen LogP contribution in [0.5, 0.6) is 0 Å². The Labute approximate surface area is 88.1 Å². The van der Waals surface area contributed by atoms with Gasteiger partial charge in [0.05, 0.1) is 5.56 Å². The first-order chi connectivity index (χ1) is 7.39. The molecular formula is C10H7F3N2O. The van der Waals surface area contributed by atoms with Crippen LogP contribution < -0.4 is 5.73 Å². The van der Waals surface area contributed by atoms with Gasteiger partial charge in [0.25, 0.3) is 5.78 Å². The molecule has 0 fully saturated rings. The minimum atomic E-state index is -4.88. The number of halogens is 3. The number of alkyl halides is 3. The average Bonchev–Trinajstić information content (AvgIpc) is 2.57. The minimum absolute atomic E-state index is 0.183. The van der Waals surface area contributed by atoms with Gasteiger partial charge in [-0.15, -0.1) is 0 Å². The summed E-state index contributed by atoms with van der Waals surface area (Å²) in [4.78, 5) is 13.7. The summed E-state index contributed by atoms with van der Waals surface area (Å²) in [6.45, 7) is 0. The number of nitrogen functional groups attached to an aromatic ring is 1. The molecule has 0 radical (unpaired) electrons. The second-order valence-corrected chi connectivity index (χ2v) is 3.33. The predicted octanol–water partition coefficient (Wildman–Crippen LogP) is 2.50. The van der Waals surface area contributed by atoms with Crippen molar-refractivity contribution >= 4 is 22.4 Å². The zero-order valence-corrected chi connectivity index (χ0v) is 7.93. The molecule has 16 heavy (non-hydrogen) atoms. The number of rotatable bonds is 1. The number of aromatic amines is 1. The predicted molar refractivity (Wildman–Crippen MR) is 53.1 cm³/mol. The highest BCUT2D eigenvalue weighted by Crippen LogP contribution is 2.27. The number of Topliss-reactive ketones (excluding diaryl/α,β-unsaturated/α-hetero) is 1. The van der Waals surface area contributed by atoms with Crippen LogP contribution in [0.25, 0.3) is 10.9 Å². The van der Waals surface area contributed by atoms with Crippen molar-refractivity contribution in [3.63, 3.8) is 0 Å². The van der Waals surface area contributed by atoms with Crippen molar-refractivity contribution in [2.45, 2.75) is 6.18 Å². The molecule has 1 aromatic carbocycles. The van der Waals surface area contributed by atoms with Crippen molar-refractivity contribution in [1.82, 2.24) is 4.98 Å². The van der Waals surface area contributed by atoms with Gasteiger partial charge in [0, 0.05) is 22.8 Å². The van der Waals surface area contributed by atoms with E-state index in [-0.39, 0.29) is 5.39 Å². The van der Waals surface area contributed by atoms with Gasteiger partial charge in [-0.05, 0) is 18.2 Å². The van der Waals surface area contributed by atoms with Gasteiger partial charge < -0.3 is 10.7 Å². The molecule has 0 unspecified atom stereocenters. The quantitative estimate of drug-likeness (QED) is 0.582. The van der Waals surface area contributed by atoms with Crippen molar-refractivity contribution < 1.29 is 18.0 Å². The van der Waals surface area contributed by atoms with Gasteiger partial charge in [0.15, 0.2) is 0 Å². The molecule has 0 bridgehead atoms. The maximum absolute atomic E-state index is 12.2. The van der Waals surface area contributed by atoms with Gasteiger partial charge >= 0.3 is 6.18 Å². The lowest BCUT2D eigenvalue weighted by atomic mass is 10.1. The molecule has 0 atom stereocenters. The highest BCUT2D eigenvalue weighted by Gasteiger charge is 2.40. The summed E-state index contributed by atoms with van der Waals surface area (Å²) in [6.07, 6.45) is -3.83. The van der Waals surface area contributed by atoms with Gasteiger partial charge in [-0.3, -0.25) is 4.79 Å². The summed E-state index contributed by atoms with van der Waals surface area (Å²) >= 11 is 0. The number of hydrogen-bond acceptors (Lipinski definition) is 2. The number of nitrogens with one attached hydrogen (secondary N) is 1. The first-order valence-electron chi connectivity index (χ1n) is 4.38. The van der Waals surface area contributed by atoms with Crippen LogP contribution in [0.15, 0.2) is 24.4 Å². The van der Waals surface area contributed by atoms with E-state index in [0.717, 1.165) is 6.20 Å². The molecule has 6 heteroatoms. The summed E-state index contributed by atoms with van der Waals surface area (Å²) in [5.74, 6) is -1.87. The fourth-order valence-electron chi connectivity index (χ4n) is 1.48. The average molecular weight is 228 g/mol. The molecule has 0 aliphatic carbocycles. The van der Waals surface area contributed by atoms with E-state index in [1.165, 1.54) is 12.1 Å². The monoisotopic (exact) mass is 228 g/mol. The lowest BCUT2D eigenvalue weighted by molar-refractivity contribution is -0.0884. The number of hydrogen-bond donors (Lipinski definition) is 2. The van der Waals surface area contributed by atoms with Gasteiger partial charge in [-0.2, -0.15) is 13.2 Å². The van der Waals surface area contributed by atoms with Crippen molar-refractivity contribution in [3.8, 4) is 0 Å².